The van der Waals surface area contributed by atoms with Crippen LogP contribution in [0.3, 0.4) is 0 Å². The van der Waals surface area contributed by atoms with Crippen LogP contribution in [0.15, 0.2) is 54.6 Å². The molecule has 1 aliphatic heterocycles. The number of fused-ring (bicyclic) bond motifs is 2. The van der Waals surface area contributed by atoms with Crippen LogP contribution < -0.4 is 11.1 Å². The first-order chi connectivity index (χ1) is 16.9. The number of nitrogens with two attached hydrogens (primary N) is 1. The molecule has 2 aliphatic rings. The third-order valence-electron chi connectivity index (χ3n) is 7.02. The van der Waals surface area contributed by atoms with E-state index in [0.29, 0.717) is 22.8 Å². The lowest BCUT2D eigenvalue weighted by Gasteiger charge is -2.22. The van der Waals surface area contributed by atoms with E-state index in [0.717, 1.165) is 35.3 Å². The first-order valence-corrected chi connectivity index (χ1v) is 11.7. The van der Waals surface area contributed by atoms with Crippen LogP contribution >= 0.6 is 0 Å². The normalized spacial score (nSPS) is 19.2. The summed E-state index contributed by atoms with van der Waals surface area (Å²) < 4.78 is 1.68. The van der Waals surface area contributed by atoms with Crippen molar-refractivity contribution in [2.75, 3.05) is 0 Å². The summed E-state index contributed by atoms with van der Waals surface area (Å²) in [4.78, 5) is 20.0. The van der Waals surface area contributed by atoms with E-state index in [-0.39, 0.29) is 17.6 Å². The molecule has 0 saturated carbocycles. The SMILES string of the molecule is CC1C=C(c2ccccc2C(N)=O)C=CC1c1nn(C)c(-c2nc3cc4c(cc3[nH]2)CNC4)c1O. The molecule has 0 radical (unpaired) electrons. The van der Waals surface area contributed by atoms with E-state index in [4.69, 9.17) is 10.7 Å². The van der Waals surface area contributed by atoms with E-state index >= 15 is 0 Å². The second-order valence-electron chi connectivity index (χ2n) is 9.31. The Morgan fingerprint density at radius 2 is 1.97 bits per heavy atom. The number of carbonyl (C=O) groups is 1. The largest absolute Gasteiger partial charge is 0.504 e. The molecule has 6 rings (SSSR count). The predicted molar refractivity (Wildman–Crippen MR) is 134 cm³/mol. The number of amides is 1. The number of aromatic hydroxyl groups is 1. The van der Waals surface area contributed by atoms with E-state index in [1.807, 2.05) is 31.3 Å². The third kappa shape index (κ3) is 3.45. The molecule has 2 aromatic carbocycles. The Morgan fingerprint density at radius 3 is 2.74 bits per heavy atom. The third-order valence-corrected chi connectivity index (χ3v) is 7.02. The summed E-state index contributed by atoms with van der Waals surface area (Å²) in [6.07, 6.45) is 6.09. The van der Waals surface area contributed by atoms with Gasteiger partial charge in [-0.2, -0.15) is 5.10 Å². The molecule has 8 nitrogen and oxygen atoms in total. The Morgan fingerprint density at radius 1 is 1.20 bits per heavy atom. The molecule has 2 unspecified atom stereocenters. The number of H-pyrrole nitrogens is 1. The minimum absolute atomic E-state index is 0.0377. The van der Waals surface area contributed by atoms with Crippen LogP contribution in [0.4, 0.5) is 0 Å². The van der Waals surface area contributed by atoms with E-state index in [1.54, 1.807) is 16.8 Å². The Balaban J connectivity index is 1.35. The number of primary amides is 1. The lowest BCUT2D eigenvalue weighted by Crippen LogP contribution is -2.15. The van der Waals surface area contributed by atoms with Gasteiger partial charge in [0.05, 0.1) is 11.0 Å². The average Bonchev–Trinajstić information content (AvgIpc) is 3.53. The smallest absolute Gasteiger partial charge is 0.249 e. The number of imidazole rings is 1. The number of aromatic amines is 1. The molecular weight excluding hydrogens is 440 g/mol. The maximum atomic E-state index is 11.9. The van der Waals surface area contributed by atoms with Gasteiger partial charge in [-0.25, -0.2) is 4.98 Å². The van der Waals surface area contributed by atoms with Crippen LogP contribution in [0.25, 0.3) is 28.1 Å². The van der Waals surface area contributed by atoms with E-state index in [1.165, 1.54) is 11.1 Å². The molecule has 0 fully saturated rings. The van der Waals surface area contributed by atoms with Crippen molar-refractivity contribution in [2.24, 2.45) is 18.7 Å². The number of hydrogen-bond acceptors (Lipinski definition) is 5. The molecule has 0 spiro atoms. The minimum Gasteiger partial charge on any atom is -0.504 e. The number of benzene rings is 2. The van der Waals surface area contributed by atoms with Crippen molar-refractivity contribution >= 4 is 22.5 Å². The van der Waals surface area contributed by atoms with Crippen molar-refractivity contribution in [3.05, 3.63) is 82.6 Å². The number of rotatable bonds is 4. The first kappa shape index (κ1) is 21.4. The highest BCUT2D eigenvalue weighted by atomic mass is 16.3. The maximum absolute atomic E-state index is 11.9. The molecule has 35 heavy (non-hydrogen) atoms. The number of hydrogen-bond donors (Lipinski definition) is 4. The highest BCUT2D eigenvalue weighted by Gasteiger charge is 2.29. The molecule has 5 N–H and O–H groups in total. The zero-order chi connectivity index (χ0) is 24.3. The predicted octanol–water partition coefficient (Wildman–Crippen LogP) is 3.74. The highest BCUT2D eigenvalue weighted by molar-refractivity contribution is 5.99. The molecule has 176 valence electrons. The van der Waals surface area contributed by atoms with Crippen LogP contribution in [0.1, 0.15) is 45.6 Å². The second kappa shape index (κ2) is 7.95. The van der Waals surface area contributed by atoms with Gasteiger partial charge in [0.2, 0.25) is 5.91 Å². The van der Waals surface area contributed by atoms with Crippen molar-refractivity contribution in [3.63, 3.8) is 0 Å². The van der Waals surface area contributed by atoms with Crippen LogP contribution in [-0.4, -0.2) is 30.8 Å². The molecule has 3 heterocycles. The monoisotopic (exact) mass is 466 g/mol. The zero-order valence-corrected chi connectivity index (χ0v) is 19.5. The highest BCUT2D eigenvalue weighted by Crippen LogP contribution is 2.42. The van der Waals surface area contributed by atoms with Gasteiger partial charge in [-0.05, 0) is 46.4 Å². The summed E-state index contributed by atoms with van der Waals surface area (Å²) in [6.45, 7) is 3.78. The summed E-state index contributed by atoms with van der Waals surface area (Å²) in [5.74, 6) is 0.171. The number of nitrogens with zero attached hydrogens (tertiary/aromatic N) is 3. The maximum Gasteiger partial charge on any atom is 0.249 e. The zero-order valence-electron chi connectivity index (χ0n) is 19.5. The van der Waals surface area contributed by atoms with Gasteiger partial charge in [0.25, 0.3) is 0 Å². The number of aromatic nitrogens is 4. The minimum atomic E-state index is -0.455. The van der Waals surface area contributed by atoms with Gasteiger partial charge in [0, 0.05) is 31.6 Å². The summed E-state index contributed by atoms with van der Waals surface area (Å²) in [5, 5.41) is 19.3. The van der Waals surface area contributed by atoms with Crippen molar-refractivity contribution < 1.29 is 9.90 Å². The average molecular weight is 467 g/mol. The van der Waals surface area contributed by atoms with E-state index < -0.39 is 5.91 Å². The van der Waals surface area contributed by atoms with Gasteiger partial charge < -0.3 is 21.1 Å². The van der Waals surface area contributed by atoms with Crippen molar-refractivity contribution in [2.45, 2.75) is 25.9 Å². The Labute approximate surface area is 202 Å². The molecule has 8 heteroatoms. The summed E-state index contributed by atoms with van der Waals surface area (Å²) in [5.41, 5.74) is 13.3. The van der Waals surface area contributed by atoms with Crippen molar-refractivity contribution in [3.8, 4) is 17.3 Å². The Bertz CT molecular complexity index is 1520. The van der Waals surface area contributed by atoms with Gasteiger partial charge in [-0.3, -0.25) is 9.48 Å². The molecule has 1 aliphatic carbocycles. The van der Waals surface area contributed by atoms with E-state index in [2.05, 4.69) is 40.5 Å². The molecule has 4 aromatic rings. The molecule has 1 amide bonds. The first-order valence-electron chi connectivity index (χ1n) is 11.7. The van der Waals surface area contributed by atoms with Gasteiger partial charge in [0.1, 0.15) is 11.4 Å². The van der Waals surface area contributed by atoms with Crippen LogP contribution in [0, 0.1) is 5.92 Å². The topological polar surface area (TPSA) is 122 Å². The quantitative estimate of drug-likeness (QED) is 0.365. The second-order valence-corrected chi connectivity index (χ2v) is 9.31. The number of nitrogens with one attached hydrogen (secondary N) is 2. The van der Waals surface area contributed by atoms with Crippen LogP contribution in [-0.2, 0) is 20.1 Å². The van der Waals surface area contributed by atoms with Gasteiger partial charge in [-0.1, -0.05) is 43.4 Å². The molecule has 2 atom stereocenters. The van der Waals surface area contributed by atoms with Gasteiger partial charge in [0.15, 0.2) is 11.6 Å². The fourth-order valence-electron chi connectivity index (χ4n) is 5.24. The van der Waals surface area contributed by atoms with Crippen LogP contribution in [0.2, 0.25) is 0 Å². The number of aryl methyl sites for hydroxylation is 1. The summed E-state index contributed by atoms with van der Waals surface area (Å²) in [7, 11) is 1.82. The van der Waals surface area contributed by atoms with Gasteiger partial charge >= 0.3 is 0 Å². The van der Waals surface area contributed by atoms with Crippen LogP contribution in [0.5, 0.6) is 5.75 Å². The Kier molecular flexibility index (Phi) is 4.86. The van der Waals surface area contributed by atoms with Crippen molar-refractivity contribution in [1.82, 2.24) is 25.1 Å². The summed E-state index contributed by atoms with van der Waals surface area (Å²) >= 11 is 0. The molecule has 0 bridgehead atoms. The molecule has 0 saturated heterocycles. The Hall–Kier alpha value is -4.17. The van der Waals surface area contributed by atoms with Gasteiger partial charge in [-0.15, -0.1) is 0 Å². The standard InChI is InChI=1S/C27H26N6O2/c1-14-9-15(19-5-3-4-6-20(19)26(28)35)7-8-18(14)23-25(34)24(33(2)32-23)27-30-21-10-16-12-29-13-17(16)11-22(21)31-27/h3-11,14,18,29,34H,12-13H2,1-2H3,(H2,28,35)(H,30,31). The fourth-order valence-corrected chi connectivity index (χ4v) is 5.24. The molecular formula is C27H26N6O2. The lowest BCUT2D eigenvalue weighted by atomic mass is 9.82. The van der Waals surface area contributed by atoms with Crippen molar-refractivity contribution in [1.29, 1.82) is 0 Å². The van der Waals surface area contributed by atoms with E-state index in [9.17, 15) is 9.90 Å². The number of allylic oxidation sites excluding steroid dienone is 4. The fraction of sp³-hybridized carbons (Fsp3) is 0.222. The lowest BCUT2D eigenvalue weighted by molar-refractivity contribution is 0.1000. The molecule has 2 aromatic heterocycles. The summed E-state index contributed by atoms with van der Waals surface area (Å²) in [6, 6.07) is 11.5. The number of carbonyl (C=O) groups excluding carboxylic acids is 1.